The molecule has 3 rings (SSSR count). The van der Waals surface area contributed by atoms with Gasteiger partial charge < -0.3 is 10.2 Å². The first-order valence-electron chi connectivity index (χ1n) is 9.06. The molecular weight excluding hydrogens is 354 g/mol. The molecule has 0 aliphatic rings. The standard InChI is InChI=1S/C21H23N5O2/c1-15(2)23-19(27)14-25(3)21(28)18-13-26(17-9-5-4-6-10-17)24-20(18)16-8-7-11-22-12-16/h4-13,15H,14H2,1-3H3,(H,23,27). The summed E-state index contributed by atoms with van der Waals surface area (Å²) in [5.74, 6) is -0.482. The van der Waals surface area contributed by atoms with Gasteiger partial charge in [0, 0.05) is 37.2 Å². The van der Waals surface area contributed by atoms with Crippen LogP contribution in [0.25, 0.3) is 16.9 Å². The number of hydrogen-bond acceptors (Lipinski definition) is 4. The number of pyridine rings is 1. The molecule has 2 amide bonds. The Morgan fingerprint density at radius 2 is 1.89 bits per heavy atom. The van der Waals surface area contributed by atoms with Gasteiger partial charge in [0.1, 0.15) is 5.69 Å². The molecule has 1 N–H and O–H groups in total. The van der Waals surface area contributed by atoms with Crippen LogP contribution in [0.4, 0.5) is 0 Å². The second kappa shape index (κ2) is 8.47. The van der Waals surface area contributed by atoms with Gasteiger partial charge in [-0.3, -0.25) is 14.6 Å². The Kier molecular flexibility index (Phi) is 5.84. The van der Waals surface area contributed by atoms with Crippen molar-refractivity contribution in [2.24, 2.45) is 0 Å². The summed E-state index contributed by atoms with van der Waals surface area (Å²) in [5.41, 5.74) is 2.52. The van der Waals surface area contributed by atoms with Gasteiger partial charge in [-0.25, -0.2) is 4.68 Å². The van der Waals surface area contributed by atoms with Gasteiger partial charge >= 0.3 is 0 Å². The summed E-state index contributed by atoms with van der Waals surface area (Å²) in [4.78, 5) is 30.6. The van der Waals surface area contributed by atoms with Crippen LogP contribution in [0.15, 0.2) is 61.1 Å². The van der Waals surface area contributed by atoms with Crippen LogP contribution in [0.3, 0.4) is 0 Å². The number of nitrogens with one attached hydrogen (secondary N) is 1. The highest BCUT2D eigenvalue weighted by molar-refractivity contribution is 6.01. The van der Waals surface area contributed by atoms with Crippen LogP contribution < -0.4 is 5.32 Å². The minimum atomic E-state index is -0.278. The molecule has 7 nitrogen and oxygen atoms in total. The summed E-state index contributed by atoms with van der Waals surface area (Å²) in [6, 6.07) is 13.2. The van der Waals surface area contributed by atoms with Crippen LogP contribution in [0.2, 0.25) is 0 Å². The maximum Gasteiger partial charge on any atom is 0.257 e. The molecule has 0 saturated carbocycles. The van der Waals surface area contributed by atoms with E-state index in [2.05, 4.69) is 15.4 Å². The number of nitrogens with zero attached hydrogens (tertiary/aromatic N) is 4. The zero-order valence-electron chi connectivity index (χ0n) is 16.2. The first kappa shape index (κ1) is 19.3. The third-order valence-corrected chi connectivity index (χ3v) is 4.08. The van der Waals surface area contributed by atoms with E-state index >= 15 is 0 Å². The lowest BCUT2D eigenvalue weighted by Crippen LogP contribution is -2.40. The van der Waals surface area contributed by atoms with Gasteiger partial charge in [-0.05, 0) is 38.1 Å². The Bertz CT molecular complexity index is 951. The molecule has 0 saturated heterocycles. The van der Waals surface area contributed by atoms with Gasteiger partial charge in [-0.1, -0.05) is 18.2 Å². The highest BCUT2D eigenvalue weighted by Crippen LogP contribution is 2.24. The fourth-order valence-electron chi connectivity index (χ4n) is 2.82. The highest BCUT2D eigenvalue weighted by atomic mass is 16.2. The molecule has 0 aliphatic carbocycles. The van der Waals surface area contributed by atoms with Gasteiger partial charge in [-0.15, -0.1) is 0 Å². The molecule has 144 valence electrons. The quantitative estimate of drug-likeness (QED) is 0.716. The smallest absolute Gasteiger partial charge is 0.257 e. The maximum atomic E-state index is 13.1. The molecule has 0 unspecified atom stereocenters. The van der Waals surface area contributed by atoms with Crippen molar-refractivity contribution < 1.29 is 9.59 Å². The molecule has 7 heteroatoms. The minimum Gasteiger partial charge on any atom is -0.352 e. The Labute approximate surface area is 164 Å². The van der Waals surface area contributed by atoms with E-state index in [4.69, 9.17) is 0 Å². The van der Waals surface area contributed by atoms with Gasteiger partial charge in [0.25, 0.3) is 5.91 Å². The van der Waals surface area contributed by atoms with Crippen molar-refractivity contribution in [2.75, 3.05) is 13.6 Å². The molecule has 3 aromatic rings. The van der Waals surface area contributed by atoms with Crippen molar-refractivity contribution in [1.29, 1.82) is 0 Å². The molecule has 28 heavy (non-hydrogen) atoms. The fourth-order valence-corrected chi connectivity index (χ4v) is 2.82. The van der Waals surface area contributed by atoms with Crippen LogP contribution >= 0.6 is 0 Å². The first-order valence-corrected chi connectivity index (χ1v) is 9.06. The molecule has 0 aliphatic heterocycles. The Morgan fingerprint density at radius 1 is 1.14 bits per heavy atom. The predicted octanol–water partition coefficient (Wildman–Crippen LogP) is 2.53. The minimum absolute atomic E-state index is 0.0165. The van der Waals surface area contributed by atoms with Crippen molar-refractivity contribution in [3.8, 4) is 16.9 Å². The number of hydrogen-bond donors (Lipinski definition) is 1. The molecule has 1 aromatic carbocycles. The molecular formula is C21H23N5O2. The summed E-state index contributed by atoms with van der Waals surface area (Å²) < 4.78 is 1.66. The van der Waals surface area contributed by atoms with E-state index in [-0.39, 0.29) is 24.4 Å². The Hall–Kier alpha value is -3.48. The highest BCUT2D eigenvalue weighted by Gasteiger charge is 2.23. The lowest BCUT2D eigenvalue weighted by molar-refractivity contribution is -0.122. The largest absolute Gasteiger partial charge is 0.352 e. The number of carbonyl (C=O) groups excluding carboxylic acids is 2. The monoisotopic (exact) mass is 377 g/mol. The predicted molar refractivity (Wildman–Crippen MR) is 107 cm³/mol. The van der Waals surface area contributed by atoms with Crippen molar-refractivity contribution in [1.82, 2.24) is 25.0 Å². The number of carbonyl (C=O) groups is 2. The molecule has 2 aromatic heterocycles. The first-order chi connectivity index (χ1) is 13.5. The van der Waals surface area contributed by atoms with E-state index in [0.717, 1.165) is 11.3 Å². The van der Waals surface area contributed by atoms with E-state index in [1.165, 1.54) is 4.90 Å². The molecule has 0 spiro atoms. The van der Waals surface area contributed by atoms with Crippen molar-refractivity contribution in [2.45, 2.75) is 19.9 Å². The van der Waals surface area contributed by atoms with Crippen LogP contribution in [0.5, 0.6) is 0 Å². The van der Waals surface area contributed by atoms with E-state index in [9.17, 15) is 9.59 Å². The second-order valence-electron chi connectivity index (χ2n) is 6.80. The third kappa shape index (κ3) is 4.43. The maximum absolute atomic E-state index is 13.1. The second-order valence-corrected chi connectivity index (χ2v) is 6.80. The van der Waals surface area contributed by atoms with Crippen LogP contribution in [-0.4, -0.2) is 51.1 Å². The molecule has 0 radical (unpaired) electrons. The molecule has 2 heterocycles. The summed E-state index contributed by atoms with van der Waals surface area (Å²) in [6.45, 7) is 3.73. The lowest BCUT2D eigenvalue weighted by Gasteiger charge is -2.17. The topological polar surface area (TPSA) is 80.1 Å². The van der Waals surface area contributed by atoms with Crippen molar-refractivity contribution in [3.05, 3.63) is 66.6 Å². The zero-order valence-corrected chi connectivity index (χ0v) is 16.2. The van der Waals surface area contributed by atoms with E-state index in [1.807, 2.05) is 50.2 Å². The third-order valence-electron chi connectivity index (χ3n) is 4.08. The summed E-state index contributed by atoms with van der Waals surface area (Å²) in [7, 11) is 1.61. The van der Waals surface area contributed by atoms with Crippen LogP contribution in [-0.2, 0) is 4.79 Å². The average molecular weight is 377 g/mol. The van der Waals surface area contributed by atoms with Crippen molar-refractivity contribution in [3.63, 3.8) is 0 Å². The van der Waals surface area contributed by atoms with Crippen LogP contribution in [0, 0.1) is 0 Å². The number of para-hydroxylation sites is 1. The average Bonchev–Trinajstić information content (AvgIpc) is 3.13. The number of aromatic nitrogens is 3. The molecule has 0 atom stereocenters. The van der Waals surface area contributed by atoms with Gasteiger partial charge in [0.05, 0.1) is 17.8 Å². The SMILES string of the molecule is CC(C)NC(=O)CN(C)C(=O)c1cn(-c2ccccc2)nc1-c1cccnc1. The lowest BCUT2D eigenvalue weighted by atomic mass is 10.1. The number of benzene rings is 1. The van der Waals surface area contributed by atoms with E-state index in [0.29, 0.717) is 11.3 Å². The van der Waals surface area contributed by atoms with E-state index in [1.54, 1.807) is 36.4 Å². The van der Waals surface area contributed by atoms with Crippen molar-refractivity contribution >= 4 is 11.8 Å². The number of likely N-dealkylation sites (N-methyl/N-ethyl adjacent to an activating group) is 1. The van der Waals surface area contributed by atoms with E-state index < -0.39 is 0 Å². The Morgan fingerprint density at radius 3 is 2.54 bits per heavy atom. The van der Waals surface area contributed by atoms with Gasteiger partial charge in [-0.2, -0.15) is 5.10 Å². The summed E-state index contributed by atoms with van der Waals surface area (Å²) in [5, 5.41) is 7.40. The molecule has 0 bridgehead atoms. The zero-order chi connectivity index (χ0) is 20.1. The van der Waals surface area contributed by atoms with Gasteiger partial charge in [0.15, 0.2) is 0 Å². The molecule has 0 fully saturated rings. The van der Waals surface area contributed by atoms with Gasteiger partial charge in [0.2, 0.25) is 5.91 Å². The fraction of sp³-hybridized carbons (Fsp3) is 0.238. The normalized spacial score (nSPS) is 10.7. The number of amides is 2. The summed E-state index contributed by atoms with van der Waals surface area (Å²) in [6.07, 6.45) is 5.03. The summed E-state index contributed by atoms with van der Waals surface area (Å²) >= 11 is 0. The van der Waals surface area contributed by atoms with Crippen LogP contribution in [0.1, 0.15) is 24.2 Å². The Balaban J connectivity index is 1.95. The number of rotatable bonds is 6.